The highest BCUT2D eigenvalue weighted by Gasteiger charge is 2.09. The molecule has 26 heavy (non-hydrogen) atoms. The Morgan fingerprint density at radius 3 is 2.73 bits per heavy atom. The second kappa shape index (κ2) is 8.25. The number of fused-ring (bicyclic) bond motifs is 1. The summed E-state index contributed by atoms with van der Waals surface area (Å²) in [5.74, 6) is 2.62. The highest BCUT2D eigenvalue weighted by atomic mass is 32.2. The SMILES string of the molecule is c1ccc2c(NCCCSc3nccs3)nc(-c3ccncc3)nc2c1. The quantitative estimate of drug-likeness (QED) is 0.369. The summed E-state index contributed by atoms with van der Waals surface area (Å²) in [4.78, 5) is 17.8. The van der Waals surface area contributed by atoms with Gasteiger partial charge in [0.15, 0.2) is 5.82 Å². The van der Waals surface area contributed by atoms with Crippen LogP contribution in [0.15, 0.2) is 64.7 Å². The lowest BCUT2D eigenvalue weighted by Crippen LogP contribution is -2.06. The van der Waals surface area contributed by atoms with Gasteiger partial charge in [-0.1, -0.05) is 23.9 Å². The van der Waals surface area contributed by atoms with E-state index < -0.39 is 0 Å². The van der Waals surface area contributed by atoms with Gasteiger partial charge in [0.1, 0.15) is 10.2 Å². The van der Waals surface area contributed by atoms with Crippen LogP contribution in [0.3, 0.4) is 0 Å². The van der Waals surface area contributed by atoms with Crippen LogP contribution in [0, 0.1) is 0 Å². The van der Waals surface area contributed by atoms with Gasteiger partial charge >= 0.3 is 0 Å². The molecule has 0 atom stereocenters. The lowest BCUT2D eigenvalue weighted by Gasteiger charge is -2.10. The predicted molar refractivity (Wildman–Crippen MR) is 109 cm³/mol. The molecular formula is C19H17N5S2. The van der Waals surface area contributed by atoms with Crippen LogP contribution in [0.2, 0.25) is 0 Å². The van der Waals surface area contributed by atoms with Crippen molar-refractivity contribution in [1.29, 1.82) is 0 Å². The molecule has 0 radical (unpaired) electrons. The van der Waals surface area contributed by atoms with E-state index in [9.17, 15) is 0 Å². The van der Waals surface area contributed by atoms with Crippen molar-refractivity contribution in [3.63, 3.8) is 0 Å². The molecule has 0 aliphatic heterocycles. The Morgan fingerprint density at radius 1 is 1.00 bits per heavy atom. The van der Waals surface area contributed by atoms with Gasteiger partial charge in [0.25, 0.3) is 0 Å². The first-order valence-electron chi connectivity index (χ1n) is 8.33. The van der Waals surface area contributed by atoms with Crippen LogP contribution in [-0.4, -0.2) is 32.2 Å². The molecule has 0 bridgehead atoms. The average Bonchev–Trinajstić information content (AvgIpc) is 3.21. The molecule has 0 aliphatic rings. The lowest BCUT2D eigenvalue weighted by molar-refractivity contribution is 0.980. The standard InChI is InChI=1S/C19H17N5S2/c1-2-5-16-15(4-1)18(21-8-3-12-25-19-22-11-13-26-19)24-17(23-16)14-6-9-20-10-7-14/h1-2,4-7,9-11,13H,3,8,12H2,(H,21,23,24). The van der Waals surface area contributed by atoms with E-state index in [0.717, 1.165) is 45.3 Å². The zero-order chi connectivity index (χ0) is 17.6. The molecule has 0 saturated heterocycles. The minimum atomic E-state index is 0.714. The van der Waals surface area contributed by atoms with Gasteiger partial charge in [-0.15, -0.1) is 11.3 Å². The van der Waals surface area contributed by atoms with Crippen molar-refractivity contribution in [2.24, 2.45) is 0 Å². The number of anilines is 1. The summed E-state index contributed by atoms with van der Waals surface area (Å²) in [6, 6.07) is 11.9. The second-order valence-corrected chi connectivity index (χ2v) is 7.81. The summed E-state index contributed by atoms with van der Waals surface area (Å²) >= 11 is 3.48. The van der Waals surface area contributed by atoms with Gasteiger partial charge in [-0.25, -0.2) is 15.0 Å². The third kappa shape index (κ3) is 4.00. The van der Waals surface area contributed by atoms with Gasteiger partial charge < -0.3 is 5.32 Å². The molecule has 1 N–H and O–H groups in total. The number of hydrogen-bond acceptors (Lipinski definition) is 7. The minimum Gasteiger partial charge on any atom is -0.369 e. The smallest absolute Gasteiger partial charge is 0.162 e. The molecule has 0 saturated carbocycles. The van der Waals surface area contributed by atoms with E-state index in [1.807, 2.05) is 41.9 Å². The molecule has 4 aromatic rings. The summed E-state index contributed by atoms with van der Waals surface area (Å²) < 4.78 is 1.12. The summed E-state index contributed by atoms with van der Waals surface area (Å²) in [6.07, 6.45) is 6.40. The van der Waals surface area contributed by atoms with E-state index in [1.54, 1.807) is 35.5 Å². The zero-order valence-electron chi connectivity index (χ0n) is 14.0. The molecule has 0 amide bonds. The maximum Gasteiger partial charge on any atom is 0.162 e. The first-order valence-corrected chi connectivity index (χ1v) is 10.2. The number of thiazole rings is 1. The van der Waals surface area contributed by atoms with E-state index >= 15 is 0 Å². The van der Waals surface area contributed by atoms with Crippen molar-refractivity contribution in [2.75, 3.05) is 17.6 Å². The summed E-state index contributed by atoms with van der Waals surface area (Å²) in [5.41, 5.74) is 1.90. The fraction of sp³-hybridized carbons (Fsp3) is 0.158. The number of benzene rings is 1. The van der Waals surface area contributed by atoms with Crippen LogP contribution < -0.4 is 5.32 Å². The Hall–Kier alpha value is -2.51. The summed E-state index contributed by atoms with van der Waals surface area (Å²) in [6.45, 7) is 0.856. The van der Waals surface area contributed by atoms with Crippen LogP contribution in [-0.2, 0) is 0 Å². The Labute approximate surface area is 160 Å². The Bertz CT molecular complexity index is 974. The third-order valence-corrected chi connectivity index (χ3v) is 5.84. The Balaban J connectivity index is 1.49. The Kier molecular flexibility index (Phi) is 5.37. The van der Waals surface area contributed by atoms with E-state index in [1.165, 1.54) is 0 Å². The predicted octanol–water partition coefficient (Wildman–Crippen LogP) is 4.74. The number of nitrogens with zero attached hydrogens (tertiary/aromatic N) is 4. The largest absolute Gasteiger partial charge is 0.369 e. The third-order valence-electron chi connectivity index (χ3n) is 3.79. The molecule has 4 rings (SSSR count). The van der Waals surface area contributed by atoms with Crippen molar-refractivity contribution < 1.29 is 0 Å². The highest BCUT2D eigenvalue weighted by molar-refractivity contribution is 8.00. The van der Waals surface area contributed by atoms with Gasteiger partial charge in [0.2, 0.25) is 0 Å². The molecule has 0 aliphatic carbocycles. The van der Waals surface area contributed by atoms with Crippen LogP contribution in [0.1, 0.15) is 6.42 Å². The number of rotatable bonds is 7. The van der Waals surface area contributed by atoms with Crippen molar-refractivity contribution >= 4 is 39.8 Å². The minimum absolute atomic E-state index is 0.714. The van der Waals surface area contributed by atoms with Crippen LogP contribution >= 0.6 is 23.1 Å². The second-order valence-electron chi connectivity index (χ2n) is 5.58. The molecule has 3 aromatic heterocycles. The number of pyridine rings is 1. The molecule has 5 nitrogen and oxygen atoms in total. The van der Waals surface area contributed by atoms with Gasteiger partial charge in [-0.05, 0) is 30.7 Å². The monoisotopic (exact) mass is 379 g/mol. The fourth-order valence-corrected chi connectivity index (χ4v) is 4.21. The molecular weight excluding hydrogens is 362 g/mol. The van der Waals surface area contributed by atoms with Gasteiger partial charge in [0, 0.05) is 47.2 Å². The topological polar surface area (TPSA) is 63.6 Å². The maximum atomic E-state index is 4.75. The first-order chi connectivity index (χ1) is 12.9. The van der Waals surface area contributed by atoms with Crippen molar-refractivity contribution in [3.8, 4) is 11.4 Å². The summed E-state index contributed by atoms with van der Waals surface area (Å²) in [7, 11) is 0. The summed E-state index contributed by atoms with van der Waals surface area (Å²) in [5, 5.41) is 6.53. The number of para-hydroxylation sites is 1. The van der Waals surface area contributed by atoms with Crippen molar-refractivity contribution in [1.82, 2.24) is 19.9 Å². The van der Waals surface area contributed by atoms with Crippen LogP contribution in [0.5, 0.6) is 0 Å². The number of hydrogen-bond donors (Lipinski definition) is 1. The fourth-order valence-electron chi connectivity index (χ4n) is 2.56. The van der Waals surface area contributed by atoms with Crippen LogP contribution in [0.4, 0.5) is 5.82 Å². The number of thioether (sulfide) groups is 1. The van der Waals surface area contributed by atoms with Crippen LogP contribution in [0.25, 0.3) is 22.3 Å². The molecule has 130 valence electrons. The van der Waals surface area contributed by atoms with E-state index in [-0.39, 0.29) is 0 Å². The number of nitrogens with one attached hydrogen (secondary N) is 1. The normalized spacial score (nSPS) is 10.9. The zero-order valence-corrected chi connectivity index (χ0v) is 15.6. The highest BCUT2D eigenvalue weighted by Crippen LogP contribution is 2.25. The lowest BCUT2D eigenvalue weighted by atomic mass is 10.2. The molecule has 7 heteroatoms. The molecule has 1 aromatic carbocycles. The maximum absolute atomic E-state index is 4.75. The van der Waals surface area contributed by atoms with Crippen molar-refractivity contribution in [2.45, 2.75) is 10.8 Å². The van der Waals surface area contributed by atoms with Gasteiger partial charge in [0.05, 0.1) is 5.52 Å². The van der Waals surface area contributed by atoms with E-state index in [0.29, 0.717) is 5.82 Å². The average molecular weight is 380 g/mol. The molecule has 0 spiro atoms. The molecule has 3 heterocycles. The van der Waals surface area contributed by atoms with Crippen molar-refractivity contribution in [3.05, 3.63) is 60.4 Å². The number of aromatic nitrogens is 4. The Morgan fingerprint density at radius 2 is 1.88 bits per heavy atom. The molecule has 0 fully saturated rings. The first kappa shape index (κ1) is 16.9. The van der Waals surface area contributed by atoms with Gasteiger partial charge in [-0.3, -0.25) is 4.98 Å². The molecule has 0 unspecified atom stereocenters. The van der Waals surface area contributed by atoms with E-state index in [4.69, 9.17) is 9.97 Å². The van der Waals surface area contributed by atoms with E-state index in [2.05, 4.69) is 21.4 Å². The van der Waals surface area contributed by atoms with Gasteiger partial charge in [-0.2, -0.15) is 0 Å².